The zero-order valence-corrected chi connectivity index (χ0v) is 16.3. The molecule has 1 atom stereocenters. The number of sulfonamides is 1. The number of aryl methyl sites for hydroxylation is 1. The van der Waals surface area contributed by atoms with Crippen LogP contribution in [-0.2, 0) is 23.0 Å². The molecule has 0 spiro atoms. The first kappa shape index (κ1) is 18.2. The molecule has 2 aromatic rings. The van der Waals surface area contributed by atoms with E-state index in [0.29, 0.717) is 18.7 Å². The Morgan fingerprint density at radius 3 is 2.59 bits per heavy atom. The van der Waals surface area contributed by atoms with Crippen LogP contribution in [0, 0.1) is 30.1 Å². The topological polar surface area (TPSA) is 79.0 Å². The normalized spacial score (nSPS) is 20.7. The Morgan fingerprint density at radius 1 is 1.19 bits per heavy atom. The van der Waals surface area contributed by atoms with Gasteiger partial charge in [0.15, 0.2) is 0 Å². The average Bonchev–Trinajstić information content (AvgIpc) is 3.26. The first-order valence-electron chi connectivity index (χ1n) is 9.48. The lowest BCUT2D eigenvalue weighted by Crippen LogP contribution is -2.29. The second kappa shape index (κ2) is 7.10. The summed E-state index contributed by atoms with van der Waals surface area (Å²) in [5.74, 6) is 2.16. The molecule has 1 aromatic heterocycles. The molecule has 2 aliphatic rings. The van der Waals surface area contributed by atoms with Crippen LogP contribution in [0.15, 0.2) is 35.4 Å². The SMILES string of the molecule is Cc1cnc(CC2CCN(S(=O)(=O)c3ccc(C#N)cc3)C2)n1CC1CC1. The molecule has 7 heteroatoms. The van der Waals surface area contributed by atoms with Crippen LogP contribution in [0.2, 0.25) is 0 Å². The first-order chi connectivity index (χ1) is 13.0. The van der Waals surface area contributed by atoms with Crippen molar-refractivity contribution in [2.24, 2.45) is 11.8 Å². The summed E-state index contributed by atoms with van der Waals surface area (Å²) < 4.78 is 29.6. The van der Waals surface area contributed by atoms with Crippen molar-refractivity contribution < 1.29 is 8.42 Å². The van der Waals surface area contributed by atoms with Crippen molar-refractivity contribution in [2.75, 3.05) is 13.1 Å². The molecule has 142 valence electrons. The zero-order valence-electron chi connectivity index (χ0n) is 15.5. The molecule has 1 aliphatic heterocycles. The molecule has 0 N–H and O–H groups in total. The van der Waals surface area contributed by atoms with Crippen molar-refractivity contribution in [3.63, 3.8) is 0 Å². The number of hydrogen-bond donors (Lipinski definition) is 0. The molecule has 1 aliphatic carbocycles. The maximum Gasteiger partial charge on any atom is 0.243 e. The summed E-state index contributed by atoms with van der Waals surface area (Å²) in [6.45, 7) is 4.20. The largest absolute Gasteiger partial charge is 0.332 e. The number of nitriles is 1. The van der Waals surface area contributed by atoms with Gasteiger partial charge in [0, 0.05) is 37.9 Å². The molecule has 1 saturated heterocycles. The van der Waals surface area contributed by atoms with E-state index in [-0.39, 0.29) is 10.8 Å². The number of hydrogen-bond acceptors (Lipinski definition) is 4. The summed E-state index contributed by atoms with van der Waals surface area (Å²) in [6, 6.07) is 8.17. The molecular weight excluding hydrogens is 360 g/mol. The molecule has 1 aromatic carbocycles. The van der Waals surface area contributed by atoms with E-state index in [2.05, 4.69) is 16.5 Å². The van der Waals surface area contributed by atoms with Crippen molar-refractivity contribution >= 4 is 10.0 Å². The molecule has 2 fully saturated rings. The van der Waals surface area contributed by atoms with Crippen molar-refractivity contribution in [3.05, 3.63) is 47.5 Å². The third-order valence-corrected chi connectivity index (χ3v) is 7.50. The molecular formula is C20H24N4O2S. The molecule has 0 radical (unpaired) electrons. The average molecular weight is 385 g/mol. The Balaban J connectivity index is 1.44. The van der Waals surface area contributed by atoms with Gasteiger partial charge in [-0.2, -0.15) is 9.57 Å². The molecule has 0 bridgehead atoms. The van der Waals surface area contributed by atoms with Crippen molar-refractivity contribution in [1.82, 2.24) is 13.9 Å². The number of imidazole rings is 1. The maximum atomic E-state index is 12.9. The van der Waals surface area contributed by atoms with Crippen molar-refractivity contribution in [3.8, 4) is 6.07 Å². The van der Waals surface area contributed by atoms with Gasteiger partial charge >= 0.3 is 0 Å². The Kier molecular flexibility index (Phi) is 4.79. The maximum absolute atomic E-state index is 12.9. The molecule has 6 nitrogen and oxygen atoms in total. The van der Waals surface area contributed by atoms with E-state index in [1.54, 1.807) is 16.4 Å². The first-order valence-corrected chi connectivity index (χ1v) is 10.9. The minimum Gasteiger partial charge on any atom is -0.332 e. The molecule has 1 saturated carbocycles. The highest BCUT2D eigenvalue weighted by molar-refractivity contribution is 7.89. The fraction of sp³-hybridized carbons (Fsp3) is 0.500. The minimum absolute atomic E-state index is 0.258. The standard InChI is InChI=1S/C20H24N4O2S/c1-15-12-22-20(24(15)14-17-2-3-17)10-18-8-9-23(13-18)27(25,26)19-6-4-16(11-21)5-7-19/h4-7,12,17-18H,2-3,8-10,13-14H2,1H3. The Morgan fingerprint density at radius 2 is 1.93 bits per heavy atom. The lowest BCUT2D eigenvalue weighted by molar-refractivity contribution is 0.448. The predicted molar refractivity (Wildman–Crippen MR) is 101 cm³/mol. The van der Waals surface area contributed by atoms with E-state index >= 15 is 0 Å². The zero-order chi connectivity index (χ0) is 19.0. The number of rotatable bonds is 6. The van der Waals surface area contributed by atoms with Gasteiger partial charge in [-0.1, -0.05) is 0 Å². The van der Waals surface area contributed by atoms with E-state index in [0.717, 1.165) is 31.1 Å². The van der Waals surface area contributed by atoms with Gasteiger partial charge in [-0.05, 0) is 62.3 Å². The Bertz CT molecular complexity index is 968. The van der Waals surface area contributed by atoms with E-state index in [1.165, 1.54) is 30.7 Å². The van der Waals surface area contributed by atoms with Gasteiger partial charge in [-0.25, -0.2) is 13.4 Å². The summed E-state index contributed by atoms with van der Waals surface area (Å²) in [4.78, 5) is 4.85. The molecule has 0 amide bonds. The summed E-state index contributed by atoms with van der Waals surface area (Å²) >= 11 is 0. The molecule has 27 heavy (non-hydrogen) atoms. The van der Waals surface area contributed by atoms with Gasteiger partial charge in [-0.3, -0.25) is 0 Å². The summed E-state index contributed by atoms with van der Waals surface area (Å²) in [7, 11) is -3.51. The molecule has 4 rings (SSSR count). The molecule has 2 heterocycles. The van der Waals surface area contributed by atoms with Gasteiger partial charge in [0.1, 0.15) is 5.82 Å². The highest BCUT2D eigenvalue weighted by Crippen LogP contribution is 2.32. The van der Waals surface area contributed by atoms with Crippen LogP contribution in [0.1, 0.15) is 36.3 Å². The van der Waals surface area contributed by atoms with Crippen LogP contribution < -0.4 is 0 Å². The van der Waals surface area contributed by atoms with E-state index < -0.39 is 10.0 Å². The third-order valence-electron chi connectivity index (χ3n) is 5.62. The second-order valence-electron chi connectivity index (χ2n) is 7.73. The third kappa shape index (κ3) is 3.78. The molecule has 1 unspecified atom stereocenters. The van der Waals surface area contributed by atoms with Crippen LogP contribution in [0.25, 0.3) is 0 Å². The van der Waals surface area contributed by atoms with Crippen LogP contribution in [0.4, 0.5) is 0 Å². The lowest BCUT2D eigenvalue weighted by Gasteiger charge is -2.17. The van der Waals surface area contributed by atoms with Gasteiger partial charge in [0.25, 0.3) is 0 Å². The summed E-state index contributed by atoms with van der Waals surface area (Å²) in [6.07, 6.45) is 6.21. The van der Waals surface area contributed by atoms with Crippen molar-refractivity contribution in [1.29, 1.82) is 5.26 Å². The Labute approximate surface area is 160 Å². The highest BCUT2D eigenvalue weighted by Gasteiger charge is 2.33. The fourth-order valence-corrected chi connectivity index (χ4v) is 5.30. The number of aromatic nitrogens is 2. The van der Waals surface area contributed by atoms with E-state index in [1.807, 2.05) is 12.3 Å². The predicted octanol–water partition coefficient (Wildman–Crippen LogP) is 2.73. The van der Waals surface area contributed by atoms with Crippen LogP contribution in [0.3, 0.4) is 0 Å². The van der Waals surface area contributed by atoms with Crippen LogP contribution in [-0.4, -0.2) is 35.4 Å². The second-order valence-corrected chi connectivity index (χ2v) is 9.67. The van der Waals surface area contributed by atoms with E-state index in [9.17, 15) is 8.42 Å². The van der Waals surface area contributed by atoms with E-state index in [4.69, 9.17) is 5.26 Å². The van der Waals surface area contributed by atoms with Gasteiger partial charge in [-0.15, -0.1) is 0 Å². The monoisotopic (exact) mass is 384 g/mol. The number of benzene rings is 1. The summed E-state index contributed by atoms with van der Waals surface area (Å²) in [5.41, 5.74) is 1.66. The highest BCUT2D eigenvalue weighted by atomic mass is 32.2. The van der Waals surface area contributed by atoms with Crippen molar-refractivity contribution in [2.45, 2.75) is 44.0 Å². The van der Waals surface area contributed by atoms with Gasteiger partial charge in [0.05, 0.1) is 16.5 Å². The van der Waals surface area contributed by atoms with Gasteiger partial charge in [0.2, 0.25) is 10.0 Å². The summed E-state index contributed by atoms with van der Waals surface area (Å²) in [5, 5.41) is 8.88. The van der Waals surface area contributed by atoms with Gasteiger partial charge < -0.3 is 4.57 Å². The Hall–Kier alpha value is -2.17. The lowest BCUT2D eigenvalue weighted by atomic mass is 10.0. The minimum atomic E-state index is -3.51. The van der Waals surface area contributed by atoms with Crippen LogP contribution >= 0.6 is 0 Å². The number of nitrogens with zero attached hydrogens (tertiary/aromatic N) is 4. The van der Waals surface area contributed by atoms with Crippen LogP contribution in [0.5, 0.6) is 0 Å². The smallest absolute Gasteiger partial charge is 0.243 e. The fourth-order valence-electron chi connectivity index (χ4n) is 3.77. The quantitative estimate of drug-likeness (QED) is 0.767.